The van der Waals surface area contributed by atoms with Gasteiger partial charge in [-0.1, -0.05) is 54.6 Å². The van der Waals surface area contributed by atoms with E-state index in [1.807, 2.05) is 48.5 Å². The fourth-order valence-corrected chi connectivity index (χ4v) is 4.38. The molecule has 5 aromatic carbocycles. The highest BCUT2D eigenvalue weighted by atomic mass is 16.5. The zero-order valence-electron chi connectivity index (χ0n) is 21.1. The summed E-state index contributed by atoms with van der Waals surface area (Å²) in [5.74, 6) is 1.66. The van der Waals surface area contributed by atoms with E-state index in [-0.39, 0.29) is 0 Å². The lowest BCUT2D eigenvalue weighted by Gasteiger charge is -2.16. The summed E-state index contributed by atoms with van der Waals surface area (Å²) < 4.78 is 10.6. The highest BCUT2D eigenvalue weighted by Gasteiger charge is 2.10. The largest absolute Gasteiger partial charge is 0.497 e. The van der Waals surface area contributed by atoms with Gasteiger partial charge < -0.3 is 20.1 Å². The molecule has 0 aromatic heterocycles. The predicted octanol–water partition coefficient (Wildman–Crippen LogP) is 8.45. The third-order valence-corrected chi connectivity index (χ3v) is 6.26. The van der Waals surface area contributed by atoms with Crippen molar-refractivity contribution in [3.05, 3.63) is 132 Å². The van der Waals surface area contributed by atoms with Crippen LogP contribution in [0.25, 0.3) is 11.1 Å². The fraction of sp³-hybridized carbons (Fsp3) is 0.0909. The fourth-order valence-electron chi connectivity index (χ4n) is 4.38. The average molecular weight is 487 g/mol. The van der Waals surface area contributed by atoms with E-state index in [2.05, 4.69) is 83.4 Å². The zero-order chi connectivity index (χ0) is 25.5. The first kappa shape index (κ1) is 24.0. The second-order valence-corrected chi connectivity index (χ2v) is 8.83. The molecule has 0 saturated heterocycles. The summed E-state index contributed by atoms with van der Waals surface area (Å²) in [6.07, 6.45) is 0.869. The van der Waals surface area contributed by atoms with Gasteiger partial charge in [0.1, 0.15) is 11.5 Å². The molecule has 4 nitrogen and oxygen atoms in total. The summed E-state index contributed by atoms with van der Waals surface area (Å²) in [4.78, 5) is 0. The van der Waals surface area contributed by atoms with Crippen molar-refractivity contribution in [2.24, 2.45) is 0 Å². The Balaban J connectivity index is 1.52. The van der Waals surface area contributed by atoms with Gasteiger partial charge in [0.2, 0.25) is 0 Å². The molecule has 0 fully saturated rings. The molecule has 37 heavy (non-hydrogen) atoms. The summed E-state index contributed by atoms with van der Waals surface area (Å²) in [6, 6.07) is 41.6. The topological polar surface area (TPSA) is 42.5 Å². The second-order valence-electron chi connectivity index (χ2n) is 8.83. The Bertz CT molecular complexity index is 1380. The standard InChI is InChI=1S/C33H30N2O2/c1-36-31-16-12-27(13-17-31)34-29-21-26(22-30(23-29)35-28-14-18-32(37-2)19-15-28)33-11-7-6-10-25(33)20-24-8-4-3-5-9-24/h3-19,21-23,34-35H,20H2,1-2H3. The van der Waals surface area contributed by atoms with Crippen LogP contribution in [0.15, 0.2) is 121 Å². The summed E-state index contributed by atoms with van der Waals surface area (Å²) in [5, 5.41) is 7.13. The zero-order valence-corrected chi connectivity index (χ0v) is 21.1. The van der Waals surface area contributed by atoms with Crippen molar-refractivity contribution in [1.82, 2.24) is 0 Å². The highest BCUT2D eigenvalue weighted by Crippen LogP contribution is 2.34. The summed E-state index contributed by atoms with van der Waals surface area (Å²) >= 11 is 0. The minimum Gasteiger partial charge on any atom is -0.497 e. The van der Waals surface area contributed by atoms with Crippen LogP contribution < -0.4 is 20.1 Å². The second kappa shape index (κ2) is 11.4. The predicted molar refractivity (Wildman–Crippen MR) is 154 cm³/mol. The van der Waals surface area contributed by atoms with E-state index in [1.54, 1.807) is 14.2 Å². The van der Waals surface area contributed by atoms with E-state index in [1.165, 1.54) is 16.7 Å². The van der Waals surface area contributed by atoms with Gasteiger partial charge in [0, 0.05) is 22.7 Å². The monoisotopic (exact) mass is 486 g/mol. The van der Waals surface area contributed by atoms with Crippen molar-refractivity contribution in [1.29, 1.82) is 0 Å². The van der Waals surface area contributed by atoms with E-state index in [0.29, 0.717) is 0 Å². The molecule has 0 heterocycles. The molecule has 0 aliphatic carbocycles. The van der Waals surface area contributed by atoms with Gasteiger partial charge in [-0.3, -0.25) is 0 Å². The van der Waals surface area contributed by atoms with Crippen LogP contribution in [-0.2, 0) is 6.42 Å². The van der Waals surface area contributed by atoms with Gasteiger partial charge in [0.15, 0.2) is 0 Å². The Kier molecular flexibility index (Phi) is 7.37. The van der Waals surface area contributed by atoms with Crippen LogP contribution in [0.3, 0.4) is 0 Å². The van der Waals surface area contributed by atoms with Crippen LogP contribution >= 0.6 is 0 Å². The van der Waals surface area contributed by atoms with E-state index in [4.69, 9.17) is 9.47 Å². The number of methoxy groups -OCH3 is 2. The molecule has 2 N–H and O–H groups in total. The van der Waals surface area contributed by atoms with Crippen LogP contribution in [-0.4, -0.2) is 14.2 Å². The van der Waals surface area contributed by atoms with E-state index in [0.717, 1.165) is 46.2 Å². The van der Waals surface area contributed by atoms with Crippen LogP contribution in [0.2, 0.25) is 0 Å². The van der Waals surface area contributed by atoms with E-state index >= 15 is 0 Å². The molecule has 0 atom stereocenters. The first-order valence-electron chi connectivity index (χ1n) is 12.3. The molecular weight excluding hydrogens is 456 g/mol. The average Bonchev–Trinajstić information content (AvgIpc) is 2.95. The van der Waals surface area contributed by atoms with Gasteiger partial charge in [-0.05, 0) is 95.4 Å². The molecular formula is C33H30N2O2. The molecule has 0 radical (unpaired) electrons. The number of rotatable bonds is 9. The SMILES string of the molecule is COc1ccc(Nc2cc(Nc3ccc(OC)cc3)cc(-c3ccccc3Cc3ccccc3)c2)cc1. The minimum absolute atomic E-state index is 0.830. The maximum Gasteiger partial charge on any atom is 0.119 e. The molecule has 0 amide bonds. The quantitative estimate of drug-likeness (QED) is 0.219. The smallest absolute Gasteiger partial charge is 0.119 e. The first-order valence-corrected chi connectivity index (χ1v) is 12.3. The molecule has 4 heteroatoms. The molecule has 5 rings (SSSR count). The lowest BCUT2D eigenvalue weighted by Crippen LogP contribution is -1.97. The van der Waals surface area contributed by atoms with Crippen molar-refractivity contribution in [2.75, 3.05) is 24.9 Å². The number of hydrogen-bond donors (Lipinski definition) is 2. The maximum atomic E-state index is 5.31. The van der Waals surface area contributed by atoms with Gasteiger partial charge in [-0.2, -0.15) is 0 Å². The lowest BCUT2D eigenvalue weighted by atomic mass is 9.94. The Hall–Kier alpha value is -4.70. The van der Waals surface area contributed by atoms with Crippen molar-refractivity contribution < 1.29 is 9.47 Å². The molecule has 0 saturated carbocycles. The molecule has 5 aromatic rings. The summed E-state index contributed by atoms with van der Waals surface area (Å²) in [6.45, 7) is 0. The van der Waals surface area contributed by atoms with Crippen LogP contribution in [0.1, 0.15) is 11.1 Å². The van der Waals surface area contributed by atoms with E-state index < -0.39 is 0 Å². The number of hydrogen-bond acceptors (Lipinski definition) is 4. The van der Waals surface area contributed by atoms with E-state index in [9.17, 15) is 0 Å². The third kappa shape index (κ3) is 6.11. The van der Waals surface area contributed by atoms with Gasteiger partial charge in [0.25, 0.3) is 0 Å². The first-order chi connectivity index (χ1) is 18.2. The number of ether oxygens (including phenoxy) is 2. The Morgan fingerprint density at radius 3 is 1.57 bits per heavy atom. The number of anilines is 4. The number of nitrogens with one attached hydrogen (secondary N) is 2. The Labute approximate surface area is 218 Å². The van der Waals surface area contributed by atoms with Crippen molar-refractivity contribution >= 4 is 22.7 Å². The molecule has 184 valence electrons. The van der Waals surface area contributed by atoms with Crippen LogP contribution in [0.4, 0.5) is 22.7 Å². The van der Waals surface area contributed by atoms with Crippen LogP contribution in [0.5, 0.6) is 11.5 Å². The summed E-state index contributed by atoms with van der Waals surface area (Å²) in [5.41, 5.74) is 8.89. The minimum atomic E-state index is 0.830. The normalized spacial score (nSPS) is 10.5. The maximum absolute atomic E-state index is 5.31. The molecule has 0 aliphatic heterocycles. The molecule has 0 aliphatic rings. The lowest BCUT2D eigenvalue weighted by molar-refractivity contribution is 0.415. The van der Waals surface area contributed by atoms with Crippen molar-refractivity contribution in [2.45, 2.75) is 6.42 Å². The molecule has 0 unspecified atom stereocenters. The van der Waals surface area contributed by atoms with Gasteiger partial charge in [-0.25, -0.2) is 0 Å². The third-order valence-electron chi connectivity index (χ3n) is 6.26. The van der Waals surface area contributed by atoms with Crippen LogP contribution in [0, 0.1) is 0 Å². The molecule has 0 bridgehead atoms. The van der Waals surface area contributed by atoms with Crippen molar-refractivity contribution in [3.8, 4) is 22.6 Å². The van der Waals surface area contributed by atoms with Crippen molar-refractivity contribution in [3.63, 3.8) is 0 Å². The molecule has 0 spiro atoms. The summed E-state index contributed by atoms with van der Waals surface area (Å²) in [7, 11) is 3.35. The Morgan fingerprint density at radius 1 is 0.514 bits per heavy atom. The van der Waals surface area contributed by atoms with Gasteiger partial charge in [0.05, 0.1) is 14.2 Å². The highest BCUT2D eigenvalue weighted by molar-refractivity contribution is 5.80. The Morgan fingerprint density at radius 2 is 1.03 bits per heavy atom. The van der Waals surface area contributed by atoms with Gasteiger partial charge >= 0.3 is 0 Å². The number of benzene rings is 5. The van der Waals surface area contributed by atoms with Gasteiger partial charge in [-0.15, -0.1) is 0 Å².